The zero-order valence-corrected chi connectivity index (χ0v) is 15.0. The van der Waals surface area contributed by atoms with Crippen molar-refractivity contribution in [1.82, 2.24) is 10.3 Å². The highest BCUT2D eigenvalue weighted by Crippen LogP contribution is 2.30. The quantitative estimate of drug-likeness (QED) is 0.600. The Labute approximate surface area is 159 Å². The predicted molar refractivity (Wildman–Crippen MR) is 96.1 cm³/mol. The number of aromatic hydroxyl groups is 1. The van der Waals surface area contributed by atoms with E-state index in [2.05, 4.69) is 10.5 Å². The summed E-state index contributed by atoms with van der Waals surface area (Å²) in [6.45, 7) is 0.614. The third-order valence-corrected chi connectivity index (χ3v) is 4.45. The molecule has 9 heteroatoms. The van der Waals surface area contributed by atoms with E-state index < -0.39 is 5.92 Å². The number of benzene rings is 1. The lowest BCUT2D eigenvalue weighted by molar-refractivity contribution is -0.129. The highest BCUT2D eigenvalue weighted by molar-refractivity contribution is 6.36. The molecule has 1 aromatic heterocycles. The monoisotopic (exact) mass is 395 g/mol. The van der Waals surface area contributed by atoms with Crippen LogP contribution in [0.5, 0.6) is 5.75 Å². The Morgan fingerprint density at radius 1 is 1.46 bits per heavy atom. The van der Waals surface area contributed by atoms with Crippen LogP contribution in [0.1, 0.15) is 17.7 Å². The first kappa shape index (κ1) is 18.3. The first-order valence-corrected chi connectivity index (χ1v) is 8.50. The Morgan fingerprint density at radius 3 is 3.00 bits per heavy atom. The maximum atomic E-state index is 12.2. The van der Waals surface area contributed by atoms with E-state index in [0.29, 0.717) is 17.3 Å². The zero-order valence-electron chi connectivity index (χ0n) is 13.5. The fourth-order valence-corrected chi connectivity index (χ4v) is 3.14. The highest BCUT2D eigenvalue weighted by Gasteiger charge is 2.34. The second-order valence-electron chi connectivity index (χ2n) is 5.81. The van der Waals surface area contributed by atoms with E-state index in [1.54, 1.807) is 17.0 Å². The fourth-order valence-electron chi connectivity index (χ4n) is 2.63. The van der Waals surface area contributed by atoms with E-state index in [1.807, 2.05) is 0 Å². The third kappa shape index (κ3) is 4.17. The maximum absolute atomic E-state index is 12.2. The standard InChI is InChI=1S/C17H15Cl2N3O4/c18-12-4-10(16(24)14(19)6-12)7-20-21-17(25)11-5-15(23)22(8-11)9-13-2-1-3-26-13/h1-4,6-7,11,24H,5,8-9H2,(H,21,25). The van der Waals surface area contributed by atoms with Crippen molar-refractivity contribution < 1.29 is 19.1 Å². The average Bonchev–Trinajstić information content (AvgIpc) is 3.22. The summed E-state index contributed by atoms with van der Waals surface area (Å²) in [6, 6.07) is 6.37. The summed E-state index contributed by atoms with van der Waals surface area (Å²) >= 11 is 11.7. The van der Waals surface area contributed by atoms with Gasteiger partial charge >= 0.3 is 0 Å². The van der Waals surface area contributed by atoms with E-state index in [0.717, 1.165) is 0 Å². The Morgan fingerprint density at radius 2 is 2.27 bits per heavy atom. The van der Waals surface area contributed by atoms with Crippen LogP contribution in [-0.4, -0.2) is 34.6 Å². The van der Waals surface area contributed by atoms with Gasteiger partial charge in [0.1, 0.15) is 11.5 Å². The van der Waals surface area contributed by atoms with Crippen LogP contribution in [0.25, 0.3) is 0 Å². The molecule has 7 nitrogen and oxygen atoms in total. The van der Waals surface area contributed by atoms with Gasteiger partial charge in [0, 0.05) is 23.6 Å². The molecule has 1 aliphatic rings. The molecule has 2 N–H and O–H groups in total. The van der Waals surface area contributed by atoms with E-state index in [4.69, 9.17) is 27.6 Å². The highest BCUT2D eigenvalue weighted by atomic mass is 35.5. The molecule has 1 aliphatic heterocycles. The van der Waals surface area contributed by atoms with Gasteiger partial charge in [-0.1, -0.05) is 23.2 Å². The summed E-state index contributed by atoms with van der Waals surface area (Å²) < 4.78 is 5.22. The van der Waals surface area contributed by atoms with Crippen molar-refractivity contribution in [1.29, 1.82) is 0 Å². The molecule has 1 aromatic carbocycles. The molecule has 3 rings (SSSR count). The van der Waals surface area contributed by atoms with Gasteiger partial charge in [0.05, 0.1) is 30.0 Å². The van der Waals surface area contributed by atoms with Gasteiger partial charge in [-0.15, -0.1) is 0 Å². The lowest BCUT2D eigenvalue weighted by Crippen LogP contribution is -2.30. The number of rotatable bonds is 5. The molecule has 0 aliphatic carbocycles. The van der Waals surface area contributed by atoms with Gasteiger partial charge in [-0.3, -0.25) is 9.59 Å². The van der Waals surface area contributed by atoms with Gasteiger partial charge < -0.3 is 14.4 Å². The van der Waals surface area contributed by atoms with E-state index in [-0.39, 0.29) is 41.1 Å². The molecule has 2 heterocycles. The summed E-state index contributed by atoms with van der Waals surface area (Å²) in [5.74, 6) is -0.541. The molecule has 2 aromatic rings. The molecular weight excluding hydrogens is 381 g/mol. The number of carbonyl (C=O) groups excluding carboxylic acids is 2. The number of phenols is 1. The molecule has 1 saturated heterocycles. The molecule has 0 spiro atoms. The van der Waals surface area contributed by atoms with Gasteiger partial charge in [0.2, 0.25) is 11.8 Å². The van der Waals surface area contributed by atoms with Crippen LogP contribution in [0.15, 0.2) is 40.0 Å². The predicted octanol–water partition coefficient (Wildman–Crippen LogP) is 2.79. The lowest BCUT2D eigenvalue weighted by atomic mass is 10.1. The maximum Gasteiger partial charge on any atom is 0.245 e. The van der Waals surface area contributed by atoms with E-state index in [1.165, 1.54) is 24.6 Å². The van der Waals surface area contributed by atoms with Crippen LogP contribution >= 0.6 is 23.2 Å². The second-order valence-corrected chi connectivity index (χ2v) is 6.66. The first-order valence-electron chi connectivity index (χ1n) is 7.75. The van der Waals surface area contributed by atoms with Crippen molar-refractivity contribution in [3.8, 4) is 5.75 Å². The fraction of sp³-hybridized carbons (Fsp3) is 0.235. The van der Waals surface area contributed by atoms with Gasteiger partial charge in [-0.05, 0) is 24.3 Å². The van der Waals surface area contributed by atoms with E-state index >= 15 is 0 Å². The first-order chi connectivity index (χ1) is 12.4. The molecule has 2 amide bonds. The van der Waals surface area contributed by atoms with Crippen molar-refractivity contribution >= 4 is 41.2 Å². The van der Waals surface area contributed by atoms with Crippen molar-refractivity contribution in [3.63, 3.8) is 0 Å². The third-order valence-electron chi connectivity index (χ3n) is 3.95. The minimum absolute atomic E-state index is 0.0836. The molecule has 1 atom stereocenters. The van der Waals surface area contributed by atoms with Crippen molar-refractivity contribution in [2.24, 2.45) is 11.0 Å². The Kier molecular flexibility index (Phi) is 5.49. The van der Waals surface area contributed by atoms with Crippen molar-refractivity contribution in [2.45, 2.75) is 13.0 Å². The van der Waals surface area contributed by atoms with Crippen molar-refractivity contribution in [2.75, 3.05) is 6.54 Å². The summed E-state index contributed by atoms with van der Waals surface area (Å²) in [4.78, 5) is 25.8. The summed E-state index contributed by atoms with van der Waals surface area (Å²) in [5, 5.41) is 14.1. The molecule has 0 radical (unpaired) electrons. The number of carbonyl (C=O) groups is 2. The number of amides is 2. The molecule has 26 heavy (non-hydrogen) atoms. The van der Waals surface area contributed by atoms with Crippen LogP contribution in [0.4, 0.5) is 0 Å². The van der Waals surface area contributed by atoms with E-state index in [9.17, 15) is 14.7 Å². The second kappa shape index (κ2) is 7.80. The molecule has 1 fully saturated rings. The van der Waals surface area contributed by atoms with Gasteiger partial charge in [-0.2, -0.15) is 5.10 Å². The number of hydrogen-bond acceptors (Lipinski definition) is 5. The lowest BCUT2D eigenvalue weighted by Gasteiger charge is -2.14. The number of furan rings is 1. The van der Waals surface area contributed by atoms with Crippen molar-refractivity contribution in [3.05, 3.63) is 51.9 Å². The smallest absolute Gasteiger partial charge is 0.245 e. The molecule has 0 saturated carbocycles. The number of nitrogens with zero attached hydrogens (tertiary/aromatic N) is 2. The number of phenolic OH excluding ortho intramolecular Hbond substituents is 1. The largest absolute Gasteiger partial charge is 0.506 e. The minimum Gasteiger partial charge on any atom is -0.506 e. The van der Waals surface area contributed by atoms with Gasteiger partial charge in [0.15, 0.2) is 0 Å². The SMILES string of the molecule is O=C(NN=Cc1cc(Cl)cc(Cl)c1O)C1CC(=O)N(Cc2ccco2)C1. The van der Waals surface area contributed by atoms with Crippen LogP contribution in [0, 0.1) is 5.92 Å². The van der Waals surface area contributed by atoms with Crippen LogP contribution in [0.2, 0.25) is 10.0 Å². The van der Waals surface area contributed by atoms with Crippen LogP contribution in [0.3, 0.4) is 0 Å². The molecule has 136 valence electrons. The minimum atomic E-state index is -0.508. The summed E-state index contributed by atoms with van der Waals surface area (Å²) in [6.07, 6.45) is 2.88. The summed E-state index contributed by atoms with van der Waals surface area (Å²) in [5.41, 5.74) is 2.64. The number of halogens is 2. The van der Waals surface area contributed by atoms with Gasteiger partial charge in [-0.25, -0.2) is 5.43 Å². The summed E-state index contributed by atoms with van der Waals surface area (Å²) in [7, 11) is 0. The Bertz CT molecular complexity index is 852. The van der Waals surface area contributed by atoms with Crippen LogP contribution < -0.4 is 5.43 Å². The average molecular weight is 396 g/mol. The topological polar surface area (TPSA) is 95.1 Å². The number of hydrogen-bond donors (Lipinski definition) is 2. The Hall–Kier alpha value is -2.51. The number of likely N-dealkylation sites (tertiary alicyclic amines) is 1. The Balaban J connectivity index is 1.58. The molecular formula is C17H15Cl2N3O4. The molecule has 0 bridgehead atoms. The molecule has 1 unspecified atom stereocenters. The number of hydrazone groups is 1. The zero-order chi connectivity index (χ0) is 18.7. The normalized spacial score (nSPS) is 17.2. The van der Waals surface area contributed by atoms with Gasteiger partial charge in [0.25, 0.3) is 0 Å². The number of nitrogens with one attached hydrogen (secondary N) is 1. The van der Waals surface area contributed by atoms with Crippen LogP contribution in [-0.2, 0) is 16.1 Å².